The third-order valence-electron chi connectivity index (χ3n) is 7.17. The van der Waals surface area contributed by atoms with Crippen molar-refractivity contribution in [3.05, 3.63) is 41.5 Å². The molecule has 0 unspecified atom stereocenters. The first-order valence-corrected chi connectivity index (χ1v) is 11.3. The summed E-state index contributed by atoms with van der Waals surface area (Å²) in [6.07, 6.45) is 20.1. The van der Waals surface area contributed by atoms with Gasteiger partial charge in [0.15, 0.2) is 11.6 Å². The summed E-state index contributed by atoms with van der Waals surface area (Å²) in [5.41, 5.74) is 0.359. The molecular formula is C25H36F2. The minimum absolute atomic E-state index is 0.359. The molecule has 0 N–H and O–H groups in total. The van der Waals surface area contributed by atoms with Crippen molar-refractivity contribution >= 4 is 6.08 Å². The molecule has 1 aromatic carbocycles. The highest BCUT2D eigenvalue weighted by Crippen LogP contribution is 2.42. The van der Waals surface area contributed by atoms with E-state index in [9.17, 15) is 8.78 Å². The lowest BCUT2D eigenvalue weighted by Gasteiger charge is -2.38. The Balaban J connectivity index is 1.35. The van der Waals surface area contributed by atoms with Crippen molar-refractivity contribution in [1.29, 1.82) is 0 Å². The summed E-state index contributed by atoms with van der Waals surface area (Å²) in [6, 6.07) is 4.37. The molecule has 2 fully saturated rings. The van der Waals surface area contributed by atoms with Crippen LogP contribution in [0, 0.1) is 35.3 Å². The highest BCUT2D eigenvalue weighted by Gasteiger charge is 2.30. The van der Waals surface area contributed by atoms with Crippen molar-refractivity contribution < 1.29 is 8.78 Å². The van der Waals surface area contributed by atoms with Gasteiger partial charge in [0.25, 0.3) is 0 Å². The molecule has 0 spiro atoms. The fourth-order valence-corrected chi connectivity index (χ4v) is 5.50. The molecular weight excluding hydrogens is 338 g/mol. The summed E-state index contributed by atoms with van der Waals surface area (Å²) < 4.78 is 26.9. The van der Waals surface area contributed by atoms with Crippen LogP contribution in [-0.4, -0.2) is 0 Å². The van der Waals surface area contributed by atoms with E-state index in [1.54, 1.807) is 18.2 Å². The average molecular weight is 375 g/mol. The van der Waals surface area contributed by atoms with E-state index in [2.05, 4.69) is 6.92 Å². The van der Waals surface area contributed by atoms with E-state index in [1.165, 1.54) is 76.7 Å². The molecule has 2 heteroatoms. The SMILES string of the molecule is CCC[C@H]1CC[C@H]([C@H]2CC[C@H](CCC=Cc3cccc(F)c3F)CC2)CC1. The first-order valence-electron chi connectivity index (χ1n) is 11.3. The second kappa shape index (κ2) is 10.4. The Morgan fingerprint density at radius 3 is 2.04 bits per heavy atom. The summed E-state index contributed by atoms with van der Waals surface area (Å²) in [5.74, 6) is 2.30. The predicted octanol–water partition coefficient (Wildman–Crippen LogP) is 8.17. The van der Waals surface area contributed by atoms with Gasteiger partial charge in [-0.15, -0.1) is 0 Å². The highest BCUT2D eigenvalue weighted by molar-refractivity contribution is 5.49. The van der Waals surface area contributed by atoms with Crippen LogP contribution in [0.2, 0.25) is 0 Å². The van der Waals surface area contributed by atoms with E-state index in [4.69, 9.17) is 0 Å². The Hall–Kier alpha value is -1.18. The molecule has 150 valence electrons. The largest absolute Gasteiger partial charge is 0.204 e. The van der Waals surface area contributed by atoms with Crippen LogP contribution in [0.3, 0.4) is 0 Å². The standard InChI is InChI=1S/C25H36F2/c1-2-6-19-11-15-21(16-12-19)22-17-13-20(14-18-22)7-3-4-8-23-9-5-10-24(26)25(23)27/h4-5,8-10,19-22H,2-3,6-7,11-18H2,1H3/t19-,20-,21-,22-. The number of halogens is 2. The van der Waals surface area contributed by atoms with Crippen LogP contribution < -0.4 is 0 Å². The van der Waals surface area contributed by atoms with Crippen LogP contribution in [0.25, 0.3) is 6.08 Å². The third kappa shape index (κ3) is 5.90. The zero-order chi connectivity index (χ0) is 19.1. The van der Waals surface area contributed by atoms with Gasteiger partial charge in [-0.1, -0.05) is 69.7 Å². The van der Waals surface area contributed by atoms with Crippen molar-refractivity contribution in [2.75, 3.05) is 0 Å². The molecule has 0 aliphatic heterocycles. The lowest BCUT2D eigenvalue weighted by atomic mass is 9.68. The molecule has 0 amide bonds. The lowest BCUT2D eigenvalue weighted by Crippen LogP contribution is -2.25. The fraction of sp³-hybridized carbons (Fsp3) is 0.680. The van der Waals surface area contributed by atoms with Gasteiger partial charge < -0.3 is 0 Å². The summed E-state index contributed by atoms with van der Waals surface area (Å²) in [5, 5.41) is 0. The van der Waals surface area contributed by atoms with Gasteiger partial charge in [0.1, 0.15) is 0 Å². The van der Waals surface area contributed by atoms with Crippen molar-refractivity contribution in [2.45, 2.75) is 84.0 Å². The Labute approximate surface area is 164 Å². The van der Waals surface area contributed by atoms with E-state index >= 15 is 0 Å². The van der Waals surface area contributed by atoms with Crippen LogP contribution in [0.1, 0.15) is 89.5 Å². The van der Waals surface area contributed by atoms with Crippen molar-refractivity contribution in [3.63, 3.8) is 0 Å². The van der Waals surface area contributed by atoms with Gasteiger partial charge >= 0.3 is 0 Å². The van der Waals surface area contributed by atoms with Crippen LogP contribution in [-0.2, 0) is 0 Å². The second-order valence-electron chi connectivity index (χ2n) is 8.97. The number of hydrogen-bond donors (Lipinski definition) is 0. The van der Waals surface area contributed by atoms with Crippen LogP contribution in [0.15, 0.2) is 24.3 Å². The quantitative estimate of drug-likeness (QED) is 0.451. The summed E-state index contributed by atoms with van der Waals surface area (Å²) in [4.78, 5) is 0. The van der Waals surface area contributed by atoms with Gasteiger partial charge in [0.05, 0.1) is 0 Å². The van der Waals surface area contributed by atoms with Crippen molar-refractivity contribution in [2.24, 2.45) is 23.7 Å². The van der Waals surface area contributed by atoms with E-state index in [1.807, 2.05) is 6.08 Å². The van der Waals surface area contributed by atoms with Gasteiger partial charge in [-0.3, -0.25) is 0 Å². The van der Waals surface area contributed by atoms with Gasteiger partial charge in [0, 0.05) is 5.56 Å². The minimum atomic E-state index is -0.765. The van der Waals surface area contributed by atoms with Crippen LogP contribution >= 0.6 is 0 Å². The topological polar surface area (TPSA) is 0 Å². The molecule has 3 rings (SSSR count). The maximum Gasteiger partial charge on any atom is 0.166 e. The van der Waals surface area contributed by atoms with E-state index in [0.717, 1.165) is 30.1 Å². The van der Waals surface area contributed by atoms with Crippen LogP contribution in [0.4, 0.5) is 8.78 Å². The fourth-order valence-electron chi connectivity index (χ4n) is 5.50. The molecule has 0 heterocycles. The molecule has 0 radical (unpaired) electrons. The van der Waals surface area contributed by atoms with Gasteiger partial charge in [0.2, 0.25) is 0 Å². The monoisotopic (exact) mass is 374 g/mol. The lowest BCUT2D eigenvalue weighted by molar-refractivity contribution is 0.141. The second-order valence-corrected chi connectivity index (χ2v) is 8.97. The Morgan fingerprint density at radius 2 is 1.44 bits per heavy atom. The molecule has 2 aliphatic carbocycles. The first-order chi connectivity index (χ1) is 13.2. The molecule has 0 bridgehead atoms. The number of rotatable bonds is 7. The summed E-state index contributed by atoms with van der Waals surface area (Å²) in [7, 11) is 0. The molecule has 0 atom stereocenters. The third-order valence-corrected chi connectivity index (χ3v) is 7.17. The maximum atomic E-state index is 13.6. The molecule has 0 saturated heterocycles. The van der Waals surface area contributed by atoms with Crippen molar-refractivity contribution in [3.8, 4) is 0 Å². The normalized spacial score (nSPS) is 29.3. The van der Waals surface area contributed by atoms with Crippen LogP contribution in [0.5, 0.6) is 0 Å². The minimum Gasteiger partial charge on any atom is -0.204 e. The van der Waals surface area contributed by atoms with Gasteiger partial charge in [-0.05, 0) is 68.3 Å². The first kappa shape index (κ1) is 20.6. The molecule has 2 saturated carbocycles. The smallest absolute Gasteiger partial charge is 0.166 e. The highest BCUT2D eigenvalue weighted by atomic mass is 19.2. The number of allylic oxidation sites excluding steroid dienone is 1. The Bertz CT molecular complexity index is 590. The van der Waals surface area contributed by atoms with E-state index < -0.39 is 11.6 Å². The zero-order valence-corrected chi connectivity index (χ0v) is 16.9. The molecule has 27 heavy (non-hydrogen) atoms. The number of benzene rings is 1. The van der Waals surface area contributed by atoms with E-state index in [0.29, 0.717) is 5.56 Å². The van der Waals surface area contributed by atoms with E-state index in [-0.39, 0.29) is 0 Å². The predicted molar refractivity (Wildman–Crippen MR) is 110 cm³/mol. The van der Waals surface area contributed by atoms with Gasteiger partial charge in [-0.25, -0.2) is 8.78 Å². The molecule has 2 aliphatic rings. The zero-order valence-electron chi connectivity index (χ0n) is 16.9. The summed E-state index contributed by atoms with van der Waals surface area (Å²) in [6.45, 7) is 2.32. The number of hydrogen-bond acceptors (Lipinski definition) is 0. The van der Waals surface area contributed by atoms with Crippen molar-refractivity contribution in [1.82, 2.24) is 0 Å². The average Bonchev–Trinajstić information content (AvgIpc) is 2.70. The van der Waals surface area contributed by atoms with Gasteiger partial charge in [-0.2, -0.15) is 0 Å². The Kier molecular flexibility index (Phi) is 7.91. The molecule has 0 aromatic heterocycles. The summed E-state index contributed by atoms with van der Waals surface area (Å²) >= 11 is 0. The maximum absolute atomic E-state index is 13.6. The Morgan fingerprint density at radius 1 is 0.852 bits per heavy atom. The molecule has 1 aromatic rings. The molecule has 0 nitrogen and oxygen atoms in total.